The number of anilines is 1. The maximum absolute atomic E-state index is 13.6. The average Bonchev–Trinajstić information content (AvgIpc) is 3.31. The Morgan fingerprint density at radius 3 is 2.46 bits per heavy atom. The minimum absolute atomic E-state index is 0.0961. The van der Waals surface area contributed by atoms with E-state index >= 15 is 0 Å². The van der Waals surface area contributed by atoms with Gasteiger partial charge in [0.1, 0.15) is 17.8 Å². The smallest absolute Gasteiger partial charge is 0.228 e. The molecule has 6 rings (SSSR count). The van der Waals surface area contributed by atoms with E-state index in [1.165, 1.54) is 0 Å². The van der Waals surface area contributed by atoms with Crippen LogP contribution in [-0.2, 0) is 4.79 Å². The van der Waals surface area contributed by atoms with Crippen molar-refractivity contribution in [3.05, 3.63) is 77.3 Å². The molecule has 0 spiro atoms. The number of carbonyl (C=O) groups excluding carboxylic acids is 1. The molecule has 3 heterocycles. The molecule has 8 heteroatoms. The van der Waals surface area contributed by atoms with E-state index in [2.05, 4.69) is 18.8 Å². The van der Waals surface area contributed by atoms with Crippen LogP contribution in [0.4, 0.5) is 5.69 Å². The molecule has 188 valence electrons. The number of Topliss-reactive ketones (excluding diaryl/α,β-unsaturated/α-hetero) is 1. The predicted molar refractivity (Wildman–Crippen MR) is 141 cm³/mol. The van der Waals surface area contributed by atoms with Crippen LogP contribution < -0.4 is 14.4 Å². The number of methoxy groups -OCH3 is 1. The van der Waals surface area contributed by atoms with Gasteiger partial charge >= 0.3 is 0 Å². The van der Waals surface area contributed by atoms with Crippen molar-refractivity contribution in [2.75, 3.05) is 26.1 Å². The largest absolute Gasteiger partial charge is 0.497 e. The van der Waals surface area contributed by atoms with E-state index in [0.29, 0.717) is 41.5 Å². The molecule has 0 fully saturated rings. The number of fused-ring (bicyclic) bond motifs is 3. The molecule has 1 aliphatic carbocycles. The van der Waals surface area contributed by atoms with Gasteiger partial charge in [-0.1, -0.05) is 26.0 Å². The lowest BCUT2D eigenvalue weighted by Crippen LogP contribution is -2.33. The summed E-state index contributed by atoms with van der Waals surface area (Å²) < 4.78 is 13.4. The SMILES string of the molecule is COc1ccc([C@H]2C3=C(CC(C)(C)CC3=O)Oc3ncn4nc(-c5ccc(N(C)C)cc5)nc4c32)cc1. The van der Waals surface area contributed by atoms with E-state index in [1.807, 2.05) is 67.5 Å². The van der Waals surface area contributed by atoms with Crippen LogP contribution in [0.1, 0.15) is 43.7 Å². The number of hydrogen-bond donors (Lipinski definition) is 0. The number of carbonyl (C=O) groups is 1. The fourth-order valence-corrected chi connectivity index (χ4v) is 5.31. The fourth-order valence-electron chi connectivity index (χ4n) is 5.31. The third-order valence-electron chi connectivity index (χ3n) is 7.15. The molecule has 0 saturated carbocycles. The summed E-state index contributed by atoms with van der Waals surface area (Å²) in [6.45, 7) is 4.19. The van der Waals surface area contributed by atoms with Gasteiger partial charge in [-0.3, -0.25) is 4.79 Å². The maximum atomic E-state index is 13.6. The van der Waals surface area contributed by atoms with Crippen LogP contribution >= 0.6 is 0 Å². The first kappa shape index (κ1) is 23.2. The molecule has 0 saturated heterocycles. The Hall–Kier alpha value is -4.20. The van der Waals surface area contributed by atoms with Crippen LogP contribution in [0.25, 0.3) is 17.0 Å². The summed E-state index contributed by atoms with van der Waals surface area (Å²) in [7, 11) is 5.65. The molecule has 0 N–H and O–H groups in total. The third-order valence-corrected chi connectivity index (χ3v) is 7.15. The maximum Gasteiger partial charge on any atom is 0.228 e. The van der Waals surface area contributed by atoms with Gasteiger partial charge in [-0.15, -0.1) is 5.10 Å². The Bertz CT molecular complexity index is 1550. The molecule has 0 radical (unpaired) electrons. The number of rotatable bonds is 4. The van der Waals surface area contributed by atoms with Crippen LogP contribution in [0.15, 0.2) is 66.2 Å². The summed E-state index contributed by atoms with van der Waals surface area (Å²) in [5.41, 5.74) is 4.84. The molecule has 0 bridgehead atoms. The predicted octanol–water partition coefficient (Wildman–Crippen LogP) is 5.03. The number of ether oxygens (including phenoxy) is 2. The zero-order valence-electron chi connectivity index (χ0n) is 21.6. The van der Waals surface area contributed by atoms with Crippen molar-refractivity contribution in [2.24, 2.45) is 5.41 Å². The van der Waals surface area contributed by atoms with Crippen molar-refractivity contribution in [3.63, 3.8) is 0 Å². The molecular formula is C29H29N5O3. The van der Waals surface area contributed by atoms with Gasteiger partial charge in [-0.05, 0) is 47.4 Å². The number of hydrogen-bond acceptors (Lipinski definition) is 7. The molecule has 2 aliphatic rings. The molecule has 0 amide bonds. The molecule has 0 unspecified atom stereocenters. The van der Waals surface area contributed by atoms with Crippen molar-refractivity contribution in [1.82, 2.24) is 19.6 Å². The van der Waals surface area contributed by atoms with Crippen molar-refractivity contribution >= 4 is 17.1 Å². The third kappa shape index (κ3) is 3.93. The Labute approximate surface area is 215 Å². The second-order valence-electron chi connectivity index (χ2n) is 10.7. The average molecular weight is 496 g/mol. The molecule has 1 aliphatic heterocycles. The zero-order chi connectivity index (χ0) is 25.9. The highest BCUT2D eigenvalue weighted by molar-refractivity contribution is 6.00. The Morgan fingerprint density at radius 1 is 1.05 bits per heavy atom. The highest BCUT2D eigenvalue weighted by Gasteiger charge is 2.44. The van der Waals surface area contributed by atoms with Crippen molar-refractivity contribution < 1.29 is 14.3 Å². The van der Waals surface area contributed by atoms with Crippen molar-refractivity contribution in [1.29, 1.82) is 0 Å². The van der Waals surface area contributed by atoms with Crippen LogP contribution in [-0.4, -0.2) is 46.6 Å². The lowest BCUT2D eigenvalue weighted by Gasteiger charge is -2.37. The van der Waals surface area contributed by atoms with E-state index in [9.17, 15) is 4.79 Å². The van der Waals surface area contributed by atoms with Crippen LogP contribution in [0, 0.1) is 5.41 Å². The Balaban J connectivity index is 1.54. The van der Waals surface area contributed by atoms with E-state index in [-0.39, 0.29) is 17.1 Å². The Morgan fingerprint density at radius 2 is 1.78 bits per heavy atom. The van der Waals surface area contributed by atoms with Crippen molar-refractivity contribution in [3.8, 4) is 23.0 Å². The van der Waals surface area contributed by atoms with Gasteiger partial charge < -0.3 is 14.4 Å². The fraction of sp³-hybridized carbons (Fsp3) is 0.310. The van der Waals surface area contributed by atoms with Crippen molar-refractivity contribution in [2.45, 2.75) is 32.6 Å². The number of benzene rings is 2. The van der Waals surface area contributed by atoms with Gasteiger partial charge in [0.25, 0.3) is 0 Å². The standard InChI is InChI=1S/C29H29N5O3/c1-29(2)14-21(35)24-22(15-29)37-28-25(23(24)17-8-12-20(36-5)13-9-17)27-31-26(32-34(27)16-30-28)18-6-10-19(11-7-18)33(3)4/h6-13,16,23H,14-15H2,1-5H3/t23-/m0/s1. The van der Waals surface area contributed by atoms with Crippen LogP contribution in [0.3, 0.4) is 0 Å². The van der Waals surface area contributed by atoms with E-state index in [1.54, 1.807) is 18.0 Å². The first-order chi connectivity index (χ1) is 17.7. The lowest BCUT2D eigenvalue weighted by atomic mass is 9.70. The normalized spacial score (nSPS) is 18.3. The monoisotopic (exact) mass is 495 g/mol. The summed E-state index contributed by atoms with van der Waals surface area (Å²) in [5.74, 6) is 2.25. The van der Waals surface area contributed by atoms with E-state index < -0.39 is 0 Å². The minimum Gasteiger partial charge on any atom is -0.497 e. The van der Waals surface area contributed by atoms with E-state index in [4.69, 9.17) is 19.6 Å². The van der Waals surface area contributed by atoms with Gasteiger partial charge in [0.05, 0.1) is 12.7 Å². The molecular weight excluding hydrogens is 466 g/mol. The molecule has 2 aromatic carbocycles. The summed E-state index contributed by atoms with van der Waals surface area (Å²) >= 11 is 0. The summed E-state index contributed by atoms with van der Waals surface area (Å²) in [5, 5.41) is 4.72. The summed E-state index contributed by atoms with van der Waals surface area (Å²) in [6, 6.07) is 15.9. The first-order valence-corrected chi connectivity index (χ1v) is 12.4. The number of aromatic nitrogens is 4. The van der Waals surface area contributed by atoms with Gasteiger partial charge in [0.2, 0.25) is 5.88 Å². The van der Waals surface area contributed by atoms with Crippen LogP contribution in [0.5, 0.6) is 11.6 Å². The van der Waals surface area contributed by atoms with Gasteiger partial charge in [0, 0.05) is 49.7 Å². The first-order valence-electron chi connectivity index (χ1n) is 12.4. The van der Waals surface area contributed by atoms with Gasteiger partial charge in [0.15, 0.2) is 17.3 Å². The van der Waals surface area contributed by atoms with E-state index in [0.717, 1.165) is 28.1 Å². The number of nitrogens with zero attached hydrogens (tertiary/aromatic N) is 5. The zero-order valence-corrected chi connectivity index (χ0v) is 21.6. The van der Waals surface area contributed by atoms with Gasteiger partial charge in [-0.2, -0.15) is 0 Å². The molecule has 37 heavy (non-hydrogen) atoms. The summed E-state index contributed by atoms with van der Waals surface area (Å²) in [4.78, 5) is 25.2. The lowest BCUT2D eigenvalue weighted by molar-refractivity contribution is -0.118. The Kier molecular flexibility index (Phi) is 5.29. The molecule has 1 atom stereocenters. The number of ketones is 1. The second kappa shape index (κ2) is 8.44. The second-order valence-corrected chi connectivity index (χ2v) is 10.7. The van der Waals surface area contributed by atoms with Crippen LogP contribution in [0.2, 0.25) is 0 Å². The molecule has 8 nitrogen and oxygen atoms in total. The highest BCUT2D eigenvalue weighted by Crippen LogP contribution is 2.50. The topological polar surface area (TPSA) is 81.8 Å². The minimum atomic E-state index is -0.363. The molecule has 2 aromatic heterocycles. The number of allylic oxidation sites excluding steroid dienone is 2. The van der Waals surface area contributed by atoms with Gasteiger partial charge in [-0.25, -0.2) is 14.5 Å². The molecule has 4 aromatic rings. The highest BCUT2D eigenvalue weighted by atomic mass is 16.5. The summed E-state index contributed by atoms with van der Waals surface area (Å²) in [6.07, 6.45) is 2.76. The quantitative estimate of drug-likeness (QED) is 0.393.